The second kappa shape index (κ2) is 8.88. The number of fused-ring (bicyclic) bond motifs is 2. The van der Waals surface area contributed by atoms with Crippen LogP contribution in [0.3, 0.4) is 0 Å². The molecule has 0 saturated carbocycles. The number of benzene rings is 3. The number of carbonyl (C=O) groups excluding carboxylic acids is 2. The number of carbonyl (C=O) groups is 2. The van der Waals surface area contributed by atoms with E-state index in [4.69, 9.17) is 0 Å². The molecule has 4 aromatic rings. The molecule has 3 aromatic carbocycles. The third-order valence-electron chi connectivity index (χ3n) is 5.31. The van der Waals surface area contributed by atoms with Gasteiger partial charge in [0.05, 0.1) is 11.3 Å². The van der Waals surface area contributed by atoms with Gasteiger partial charge in [-0.05, 0) is 37.3 Å². The summed E-state index contributed by atoms with van der Waals surface area (Å²) in [5.74, 6) is 0.228. The van der Waals surface area contributed by atoms with Crippen LogP contribution in [0.15, 0.2) is 88.9 Å². The first kappa shape index (κ1) is 20.9. The normalized spacial score (nSPS) is 12.2. The van der Waals surface area contributed by atoms with Crippen LogP contribution in [0.2, 0.25) is 0 Å². The molecular weight excluding hydrogens is 432 g/mol. The van der Waals surface area contributed by atoms with Crippen LogP contribution < -0.4 is 10.6 Å². The summed E-state index contributed by atoms with van der Waals surface area (Å²) in [5, 5.41) is 5.81. The molecule has 0 saturated heterocycles. The van der Waals surface area contributed by atoms with Gasteiger partial charge in [-0.3, -0.25) is 9.59 Å². The first-order valence-electron chi connectivity index (χ1n) is 10.5. The van der Waals surface area contributed by atoms with E-state index in [2.05, 4.69) is 20.6 Å². The van der Waals surface area contributed by atoms with Crippen molar-refractivity contribution in [3.63, 3.8) is 0 Å². The lowest BCUT2D eigenvalue weighted by Gasteiger charge is -2.10. The Bertz CT molecular complexity index is 1350. The van der Waals surface area contributed by atoms with Gasteiger partial charge in [0.2, 0.25) is 0 Å². The summed E-state index contributed by atoms with van der Waals surface area (Å²) < 4.78 is 0. The van der Waals surface area contributed by atoms with E-state index < -0.39 is 0 Å². The van der Waals surface area contributed by atoms with Gasteiger partial charge in [0.1, 0.15) is 0 Å². The number of nitrogens with zero attached hydrogens (tertiary/aromatic N) is 2. The highest BCUT2D eigenvalue weighted by Crippen LogP contribution is 2.39. The van der Waals surface area contributed by atoms with Crippen LogP contribution in [0.4, 0.5) is 5.69 Å². The van der Waals surface area contributed by atoms with Gasteiger partial charge < -0.3 is 10.6 Å². The molecule has 2 amide bonds. The van der Waals surface area contributed by atoms with Crippen molar-refractivity contribution >= 4 is 29.3 Å². The van der Waals surface area contributed by atoms with Crippen molar-refractivity contribution < 1.29 is 9.59 Å². The van der Waals surface area contributed by atoms with Gasteiger partial charge in [0.25, 0.3) is 11.8 Å². The molecule has 2 heterocycles. The maximum atomic E-state index is 12.7. The summed E-state index contributed by atoms with van der Waals surface area (Å²) in [7, 11) is 0. The van der Waals surface area contributed by atoms with E-state index in [-0.39, 0.29) is 11.8 Å². The molecule has 0 fully saturated rings. The predicted octanol–water partition coefficient (Wildman–Crippen LogP) is 5.10. The van der Waals surface area contributed by atoms with E-state index >= 15 is 0 Å². The molecule has 6 nitrogen and oxygen atoms in total. The Morgan fingerprint density at radius 1 is 0.970 bits per heavy atom. The molecule has 0 radical (unpaired) electrons. The summed E-state index contributed by atoms with van der Waals surface area (Å²) in [4.78, 5) is 35.9. The van der Waals surface area contributed by atoms with Crippen LogP contribution in [0.1, 0.15) is 31.8 Å². The molecule has 33 heavy (non-hydrogen) atoms. The molecule has 5 rings (SSSR count). The molecular formula is C26H20N4O2S. The quantitative estimate of drug-likeness (QED) is 0.450. The minimum absolute atomic E-state index is 0.180. The lowest BCUT2D eigenvalue weighted by atomic mass is 10.1. The largest absolute Gasteiger partial charge is 0.348 e. The van der Waals surface area contributed by atoms with E-state index in [1.54, 1.807) is 30.6 Å². The molecule has 0 aliphatic carbocycles. The summed E-state index contributed by atoms with van der Waals surface area (Å²) in [5.41, 5.74) is 4.64. The van der Waals surface area contributed by atoms with Gasteiger partial charge >= 0.3 is 0 Å². The van der Waals surface area contributed by atoms with Crippen LogP contribution in [-0.2, 0) is 6.54 Å². The van der Waals surface area contributed by atoms with Crippen LogP contribution >= 0.6 is 11.8 Å². The number of hydrogen-bond donors (Lipinski definition) is 2. The average molecular weight is 453 g/mol. The minimum atomic E-state index is -0.235. The van der Waals surface area contributed by atoms with E-state index in [0.717, 1.165) is 20.9 Å². The SMILES string of the molecule is Cc1ccc(-c2ncc(CNC(=O)c3ccc4c(c3)NC(=O)c3ccccc3S4)cn2)cc1. The zero-order chi connectivity index (χ0) is 22.8. The Kier molecular flexibility index (Phi) is 5.62. The maximum Gasteiger partial charge on any atom is 0.256 e. The van der Waals surface area contributed by atoms with E-state index in [1.807, 2.05) is 55.5 Å². The van der Waals surface area contributed by atoms with Gasteiger partial charge in [-0.2, -0.15) is 0 Å². The van der Waals surface area contributed by atoms with Crippen molar-refractivity contribution in [2.24, 2.45) is 0 Å². The number of anilines is 1. The number of aromatic nitrogens is 2. The summed E-state index contributed by atoms with van der Waals surface area (Å²) in [6.45, 7) is 2.34. The molecule has 0 unspecified atom stereocenters. The highest BCUT2D eigenvalue weighted by Gasteiger charge is 2.20. The average Bonchev–Trinajstić information content (AvgIpc) is 2.98. The van der Waals surface area contributed by atoms with Gasteiger partial charge in [-0.1, -0.05) is 53.7 Å². The molecule has 1 aliphatic rings. The van der Waals surface area contributed by atoms with E-state index in [1.165, 1.54) is 17.3 Å². The first-order chi connectivity index (χ1) is 16.1. The van der Waals surface area contributed by atoms with E-state index in [0.29, 0.717) is 29.2 Å². The summed E-state index contributed by atoms with van der Waals surface area (Å²) in [6.07, 6.45) is 3.43. The summed E-state index contributed by atoms with van der Waals surface area (Å²) >= 11 is 1.51. The van der Waals surface area contributed by atoms with Crippen molar-refractivity contribution in [1.82, 2.24) is 15.3 Å². The number of amides is 2. The number of hydrogen-bond acceptors (Lipinski definition) is 5. The second-order valence-corrected chi connectivity index (χ2v) is 8.81. The molecule has 0 spiro atoms. The first-order valence-corrected chi connectivity index (χ1v) is 11.3. The van der Waals surface area contributed by atoms with Crippen molar-refractivity contribution in [3.8, 4) is 11.4 Å². The Balaban J connectivity index is 1.27. The van der Waals surface area contributed by atoms with Gasteiger partial charge in [-0.15, -0.1) is 0 Å². The fourth-order valence-electron chi connectivity index (χ4n) is 3.49. The number of aryl methyl sites for hydroxylation is 1. The molecule has 7 heteroatoms. The van der Waals surface area contributed by atoms with Crippen LogP contribution in [0, 0.1) is 6.92 Å². The molecule has 0 bridgehead atoms. The predicted molar refractivity (Wildman–Crippen MR) is 128 cm³/mol. The van der Waals surface area contributed by atoms with Crippen molar-refractivity contribution in [2.75, 3.05) is 5.32 Å². The van der Waals surface area contributed by atoms with E-state index in [9.17, 15) is 9.59 Å². The lowest BCUT2D eigenvalue weighted by Crippen LogP contribution is -2.23. The van der Waals surface area contributed by atoms with Crippen molar-refractivity contribution in [1.29, 1.82) is 0 Å². The number of nitrogens with one attached hydrogen (secondary N) is 2. The fraction of sp³-hybridized carbons (Fsp3) is 0.0769. The van der Waals surface area contributed by atoms with Gasteiger partial charge in [0, 0.05) is 45.4 Å². The number of rotatable bonds is 4. The summed E-state index contributed by atoms with van der Waals surface area (Å²) in [6, 6.07) is 20.8. The van der Waals surface area contributed by atoms with Gasteiger partial charge in [-0.25, -0.2) is 9.97 Å². The maximum absolute atomic E-state index is 12.7. The van der Waals surface area contributed by atoms with Crippen LogP contribution in [-0.4, -0.2) is 21.8 Å². The highest BCUT2D eigenvalue weighted by molar-refractivity contribution is 7.99. The van der Waals surface area contributed by atoms with Gasteiger partial charge in [0.15, 0.2) is 5.82 Å². The smallest absolute Gasteiger partial charge is 0.256 e. The lowest BCUT2D eigenvalue weighted by molar-refractivity contribution is 0.0949. The Morgan fingerprint density at radius 2 is 1.73 bits per heavy atom. The Labute approximate surface area is 195 Å². The standard InChI is InChI=1S/C26H20N4O2S/c1-16-6-8-18(9-7-16)24-27-13-17(14-28-24)15-29-25(31)19-10-11-23-21(12-19)30-26(32)20-4-2-3-5-22(20)33-23/h2-14H,15H2,1H3,(H,29,31)(H,30,32). The fourth-order valence-corrected chi connectivity index (χ4v) is 4.50. The third kappa shape index (κ3) is 4.49. The zero-order valence-corrected chi connectivity index (χ0v) is 18.6. The van der Waals surface area contributed by atoms with Crippen LogP contribution in [0.25, 0.3) is 11.4 Å². The Hall–Kier alpha value is -3.97. The highest BCUT2D eigenvalue weighted by atomic mass is 32.2. The molecule has 1 aromatic heterocycles. The molecule has 2 N–H and O–H groups in total. The molecule has 1 aliphatic heterocycles. The Morgan fingerprint density at radius 3 is 2.52 bits per heavy atom. The monoisotopic (exact) mass is 452 g/mol. The van der Waals surface area contributed by atoms with Crippen LogP contribution in [0.5, 0.6) is 0 Å². The van der Waals surface area contributed by atoms with Crippen molar-refractivity contribution in [2.45, 2.75) is 23.3 Å². The molecule has 0 atom stereocenters. The van der Waals surface area contributed by atoms with Crippen molar-refractivity contribution in [3.05, 3.63) is 101 Å². The topological polar surface area (TPSA) is 84.0 Å². The molecule has 162 valence electrons. The third-order valence-corrected chi connectivity index (χ3v) is 6.46. The zero-order valence-electron chi connectivity index (χ0n) is 17.8. The minimum Gasteiger partial charge on any atom is -0.348 e. The second-order valence-electron chi connectivity index (χ2n) is 7.73.